The molecular weight excluding hydrogens is 254 g/mol. The molecule has 2 saturated carbocycles. The van der Waals surface area contributed by atoms with Crippen molar-refractivity contribution < 1.29 is 9.53 Å². The van der Waals surface area contributed by atoms with E-state index in [1.165, 1.54) is 24.8 Å². The molecule has 2 heterocycles. The van der Waals surface area contributed by atoms with Crippen LogP contribution < -0.4 is 0 Å². The lowest BCUT2D eigenvalue weighted by Crippen LogP contribution is -2.12. The van der Waals surface area contributed by atoms with E-state index < -0.39 is 0 Å². The lowest BCUT2D eigenvalue weighted by atomic mass is 9.84. The predicted molar refractivity (Wildman–Crippen MR) is 72.9 cm³/mol. The Hall–Kier alpha value is -1.91. The van der Waals surface area contributed by atoms with Gasteiger partial charge in [0.1, 0.15) is 5.69 Å². The highest BCUT2D eigenvalue weighted by atomic mass is 16.6. The fourth-order valence-corrected chi connectivity index (χ4v) is 3.75. The van der Waals surface area contributed by atoms with E-state index in [0.717, 1.165) is 30.4 Å². The Labute approximate surface area is 117 Å². The van der Waals surface area contributed by atoms with Crippen LogP contribution in [0.4, 0.5) is 0 Å². The van der Waals surface area contributed by atoms with Gasteiger partial charge in [-0.05, 0) is 55.6 Å². The number of aliphatic imine (C=N–C) groups is 1. The average Bonchev–Trinajstić information content (AvgIpc) is 3.09. The molecule has 20 heavy (non-hydrogen) atoms. The Morgan fingerprint density at radius 2 is 2.05 bits per heavy atom. The molecule has 3 aliphatic rings. The van der Waals surface area contributed by atoms with Gasteiger partial charge in [-0.15, -0.1) is 0 Å². The number of esters is 1. The number of carbonyl (C=O) groups excluding carboxylic acids is 1. The first kappa shape index (κ1) is 11.9. The summed E-state index contributed by atoms with van der Waals surface area (Å²) in [7, 11) is 1.82. The van der Waals surface area contributed by atoms with E-state index in [1.54, 1.807) is 10.9 Å². The van der Waals surface area contributed by atoms with Crippen LogP contribution in [0.5, 0.6) is 0 Å². The topological polar surface area (TPSA) is 56.5 Å². The lowest BCUT2D eigenvalue weighted by Gasteiger charge is -2.21. The number of carbonyl (C=O) groups is 1. The molecule has 2 fully saturated rings. The normalized spacial score (nSPS) is 28.9. The number of hydrogen-bond acceptors (Lipinski definition) is 4. The van der Waals surface area contributed by atoms with Crippen molar-refractivity contribution in [3.8, 4) is 0 Å². The molecule has 2 aliphatic carbocycles. The van der Waals surface area contributed by atoms with Gasteiger partial charge in [-0.3, -0.25) is 4.68 Å². The van der Waals surface area contributed by atoms with E-state index in [1.807, 2.05) is 13.1 Å². The number of cyclic esters (lactones) is 1. The van der Waals surface area contributed by atoms with Crippen molar-refractivity contribution in [3.05, 3.63) is 29.2 Å². The third-order valence-electron chi connectivity index (χ3n) is 4.69. The van der Waals surface area contributed by atoms with Gasteiger partial charge in [0, 0.05) is 13.2 Å². The van der Waals surface area contributed by atoms with Crippen molar-refractivity contribution in [3.63, 3.8) is 0 Å². The molecule has 0 radical (unpaired) electrons. The first-order valence-corrected chi connectivity index (χ1v) is 7.22. The Bertz CT molecular complexity index is 627. The van der Waals surface area contributed by atoms with Crippen molar-refractivity contribution >= 4 is 11.9 Å². The summed E-state index contributed by atoms with van der Waals surface area (Å²) in [6, 6.07) is 1.81. The summed E-state index contributed by atoms with van der Waals surface area (Å²) in [5, 5.41) is 4.09. The van der Waals surface area contributed by atoms with Gasteiger partial charge < -0.3 is 4.74 Å². The standard InChI is InChI=1S/C15H17N3O2/c1-18-12(4-5-16-18)14-17-13(15(19)20-14)11-7-9-2-3-10(6-9)8-11/h4-5,9-10H,2-3,6-8H2,1H3. The van der Waals surface area contributed by atoms with Gasteiger partial charge >= 0.3 is 5.97 Å². The number of hydrogen-bond donors (Lipinski definition) is 0. The van der Waals surface area contributed by atoms with Crippen LogP contribution in [0.15, 0.2) is 28.5 Å². The highest BCUT2D eigenvalue weighted by Crippen LogP contribution is 2.45. The van der Waals surface area contributed by atoms with Crippen molar-refractivity contribution in [2.45, 2.75) is 32.1 Å². The van der Waals surface area contributed by atoms with Crippen LogP contribution >= 0.6 is 0 Å². The third kappa shape index (κ3) is 1.80. The second-order valence-electron chi connectivity index (χ2n) is 6.05. The molecule has 0 saturated heterocycles. The molecule has 2 unspecified atom stereocenters. The van der Waals surface area contributed by atoms with E-state index >= 15 is 0 Å². The van der Waals surface area contributed by atoms with Crippen molar-refractivity contribution in [2.75, 3.05) is 0 Å². The second kappa shape index (κ2) is 4.30. The van der Waals surface area contributed by atoms with Gasteiger partial charge in [0.15, 0.2) is 5.70 Å². The largest absolute Gasteiger partial charge is 0.400 e. The van der Waals surface area contributed by atoms with Crippen LogP contribution in [-0.4, -0.2) is 21.6 Å². The minimum Gasteiger partial charge on any atom is -0.400 e. The summed E-state index contributed by atoms with van der Waals surface area (Å²) in [6.45, 7) is 0. The lowest BCUT2D eigenvalue weighted by molar-refractivity contribution is -0.130. The fourth-order valence-electron chi connectivity index (χ4n) is 3.75. The maximum absolute atomic E-state index is 12.1. The zero-order valence-corrected chi connectivity index (χ0v) is 11.5. The molecule has 2 bridgehead atoms. The zero-order chi connectivity index (χ0) is 13.7. The molecule has 0 spiro atoms. The van der Waals surface area contributed by atoms with Crippen LogP contribution in [-0.2, 0) is 16.6 Å². The summed E-state index contributed by atoms with van der Waals surface area (Å²) in [6.07, 6.45) is 7.64. The monoisotopic (exact) mass is 271 g/mol. The Kier molecular flexibility index (Phi) is 2.55. The number of nitrogens with zero attached hydrogens (tertiary/aromatic N) is 3. The summed E-state index contributed by atoms with van der Waals surface area (Å²) < 4.78 is 7.01. The predicted octanol–water partition coefficient (Wildman–Crippen LogP) is 2.19. The van der Waals surface area contributed by atoms with Crippen molar-refractivity contribution in [1.29, 1.82) is 0 Å². The third-order valence-corrected chi connectivity index (χ3v) is 4.69. The number of rotatable bonds is 1. The molecule has 4 rings (SSSR count). The molecule has 104 valence electrons. The minimum absolute atomic E-state index is 0.294. The molecular formula is C15H17N3O2. The molecule has 0 N–H and O–H groups in total. The number of fused-ring (bicyclic) bond motifs is 2. The molecule has 5 heteroatoms. The average molecular weight is 271 g/mol. The van der Waals surface area contributed by atoms with E-state index in [2.05, 4.69) is 10.1 Å². The van der Waals surface area contributed by atoms with Crippen LogP contribution in [0.3, 0.4) is 0 Å². The maximum Gasteiger partial charge on any atom is 0.363 e. The first-order chi connectivity index (χ1) is 9.70. The molecule has 1 aromatic heterocycles. The Morgan fingerprint density at radius 1 is 1.30 bits per heavy atom. The minimum atomic E-state index is -0.294. The summed E-state index contributed by atoms with van der Waals surface area (Å²) in [4.78, 5) is 16.6. The first-order valence-electron chi connectivity index (χ1n) is 7.22. The summed E-state index contributed by atoms with van der Waals surface area (Å²) in [5.41, 5.74) is 2.50. The van der Waals surface area contributed by atoms with Crippen LogP contribution in [0, 0.1) is 11.8 Å². The van der Waals surface area contributed by atoms with Crippen molar-refractivity contribution in [2.24, 2.45) is 23.9 Å². The summed E-state index contributed by atoms with van der Waals surface area (Å²) >= 11 is 0. The highest BCUT2D eigenvalue weighted by Gasteiger charge is 2.36. The number of aryl methyl sites for hydroxylation is 1. The smallest absolute Gasteiger partial charge is 0.363 e. The quantitative estimate of drug-likeness (QED) is 0.581. The molecule has 5 nitrogen and oxygen atoms in total. The van der Waals surface area contributed by atoms with E-state index in [0.29, 0.717) is 11.6 Å². The summed E-state index contributed by atoms with van der Waals surface area (Å²) in [5.74, 6) is 1.59. The maximum atomic E-state index is 12.1. The molecule has 1 aliphatic heterocycles. The van der Waals surface area contributed by atoms with E-state index in [-0.39, 0.29) is 5.97 Å². The van der Waals surface area contributed by atoms with Gasteiger partial charge in [-0.1, -0.05) is 0 Å². The molecule has 2 atom stereocenters. The van der Waals surface area contributed by atoms with Crippen molar-refractivity contribution in [1.82, 2.24) is 9.78 Å². The van der Waals surface area contributed by atoms with Gasteiger partial charge in [0.2, 0.25) is 5.90 Å². The Morgan fingerprint density at radius 3 is 2.70 bits per heavy atom. The fraction of sp³-hybridized carbons (Fsp3) is 0.533. The van der Waals surface area contributed by atoms with Gasteiger partial charge in [0.05, 0.1) is 0 Å². The zero-order valence-electron chi connectivity index (χ0n) is 11.5. The van der Waals surface area contributed by atoms with Crippen LogP contribution in [0.25, 0.3) is 0 Å². The van der Waals surface area contributed by atoms with Gasteiger partial charge in [0.25, 0.3) is 0 Å². The number of ether oxygens (including phenoxy) is 1. The SMILES string of the molecule is Cn1nccc1C1=NC(=C2CC3CCC(C2)C3)C(=O)O1. The molecule has 0 amide bonds. The van der Waals surface area contributed by atoms with E-state index in [4.69, 9.17) is 4.74 Å². The van der Waals surface area contributed by atoms with Gasteiger partial charge in [-0.25, -0.2) is 9.79 Å². The van der Waals surface area contributed by atoms with Gasteiger partial charge in [-0.2, -0.15) is 5.10 Å². The van der Waals surface area contributed by atoms with E-state index in [9.17, 15) is 4.79 Å². The number of aromatic nitrogens is 2. The molecule has 1 aromatic rings. The molecule has 0 aromatic carbocycles. The van der Waals surface area contributed by atoms with Crippen LogP contribution in [0.2, 0.25) is 0 Å². The second-order valence-corrected chi connectivity index (χ2v) is 6.05. The van der Waals surface area contributed by atoms with Crippen LogP contribution in [0.1, 0.15) is 37.8 Å². The Balaban J connectivity index is 1.70. The number of allylic oxidation sites excluding steroid dienone is 1. The highest BCUT2D eigenvalue weighted by molar-refractivity contribution is 6.10.